The van der Waals surface area contributed by atoms with Crippen LogP contribution < -0.4 is 0 Å². The number of carbonyl (C=O) groups is 2. The van der Waals surface area contributed by atoms with Crippen molar-refractivity contribution in [1.82, 2.24) is 4.90 Å². The first-order chi connectivity index (χ1) is 7.35. The van der Waals surface area contributed by atoms with Crippen LogP contribution in [0.1, 0.15) is 20.8 Å². The molecule has 4 unspecified atom stereocenters. The van der Waals surface area contributed by atoms with Gasteiger partial charge in [-0.15, -0.1) is 0 Å². The number of amides is 1. The van der Waals surface area contributed by atoms with Crippen LogP contribution in [0.2, 0.25) is 0 Å². The van der Waals surface area contributed by atoms with Crippen LogP contribution >= 0.6 is 0 Å². The molecule has 1 amide bonds. The minimum absolute atomic E-state index is 0. The van der Waals surface area contributed by atoms with Crippen LogP contribution in [-0.2, 0) is 14.3 Å². The van der Waals surface area contributed by atoms with E-state index in [-0.39, 0.29) is 61.8 Å². The van der Waals surface area contributed by atoms with Gasteiger partial charge in [0, 0.05) is 51.1 Å². The van der Waals surface area contributed by atoms with E-state index in [4.69, 9.17) is 4.74 Å². The molecule has 2 fully saturated rings. The fraction of sp³-hybridized carbons (Fsp3) is 0.818. The largest absolute Gasteiger partial charge is 0.456 e. The van der Waals surface area contributed by atoms with Crippen molar-refractivity contribution in [2.75, 3.05) is 7.05 Å². The number of aliphatic hydroxyl groups is 1. The van der Waals surface area contributed by atoms with E-state index in [0.717, 1.165) is 0 Å². The van der Waals surface area contributed by atoms with Gasteiger partial charge in [0.15, 0.2) is 0 Å². The van der Waals surface area contributed by atoms with Crippen molar-refractivity contribution in [2.24, 2.45) is 11.8 Å². The van der Waals surface area contributed by atoms with Crippen LogP contribution in [0, 0.1) is 55.9 Å². The van der Waals surface area contributed by atoms with Crippen molar-refractivity contribution in [2.45, 2.75) is 38.5 Å². The summed E-state index contributed by atoms with van der Waals surface area (Å²) in [6.07, 6.45) is -1.38. The summed E-state index contributed by atoms with van der Waals surface area (Å²) < 4.78 is 5.03. The van der Waals surface area contributed by atoms with Gasteiger partial charge in [-0.25, -0.2) is 4.79 Å². The van der Waals surface area contributed by atoms with E-state index < -0.39 is 23.7 Å². The zero-order valence-corrected chi connectivity index (χ0v) is 15.3. The van der Waals surface area contributed by atoms with Crippen molar-refractivity contribution in [3.05, 3.63) is 0 Å². The Labute approximate surface area is 136 Å². The number of esters is 1. The fourth-order valence-corrected chi connectivity index (χ4v) is 2.78. The molecule has 6 heteroatoms. The third-order valence-corrected chi connectivity index (χ3v) is 3.81. The SMILES string of the molecule is CC(C)C(O)C12C(=O)OC1C(C)C(=O)N2C.[Ac]. The minimum atomic E-state index is -1.15. The van der Waals surface area contributed by atoms with Gasteiger partial charge in [-0.05, 0) is 12.8 Å². The molecular formula is C11H17AcNO4. The van der Waals surface area contributed by atoms with Gasteiger partial charge < -0.3 is 14.7 Å². The molecule has 0 saturated carbocycles. The van der Waals surface area contributed by atoms with Gasteiger partial charge >= 0.3 is 5.97 Å². The second-order valence-corrected chi connectivity index (χ2v) is 5.03. The van der Waals surface area contributed by atoms with Crippen molar-refractivity contribution < 1.29 is 63.5 Å². The van der Waals surface area contributed by atoms with Gasteiger partial charge in [0.25, 0.3) is 0 Å². The first kappa shape index (κ1) is 15.4. The number of likely N-dealkylation sites (N-methyl/N-ethyl adjacent to an activating group) is 1. The van der Waals surface area contributed by atoms with Gasteiger partial charge in [0.05, 0.1) is 12.0 Å². The van der Waals surface area contributed by atoms with E-state index in [0.29, 0.717) is 0 Å². The van der Waals surface area contributed by atoms with Crippen LogP contribution in [0.15, 0.2) is 0 Å². The first-order valence-electron chi connectivity index (χ1n) is 5.52. The molecule has 1 N–H and O–H groups in total. The number of aliphatic hydroxyl groups excluding tert-OH is 1. The smallest absolute Gasteiger partial charge is 0.339 e. The Morgan fingerprint density at radius 3 is 2.29 bits per heavy atom. The van der Waals surface area contributed by atoms with Crippen LogP contribution in [0.25, 0.3) is 0 Å². The summed E-state index contributed by atoms with van der Waals surface area (Å²) in [6, 6.07) is 0. The molecule has 5 nitrogen and oxygen atoms in total. The van der Waals surface area contributed by atoms with Crippen LogP contribution in [0.5, 0.6) is 0 Å². The number of hydrogen-bond donors (Lipinski definition) is 1. The Bertz CT molecular complexity index is 359. The van der Waals surface area contributed by atoms with Crippen LogP contribution in [0.3, 0.4) is 0 Å². The van der Waals surface area contributed by atoms with Crippen molar-refractivity contribution >= 4 is 11.9 Å². The number of hydrogen-bond acceptors (Lipinski definition) is 4. The first-order valence-corrected chi connectivity index (χ1v) is 5.52. The molecule has 2 rings (SSSR count). The summed E-state index contributed by atoms with van der Waals surface area (Å²) in [5.41, 5.74) is -1.15. The topological polar surface area (TPSA) is 66.8 Å². The van der Waals surface area contributed by atoms with Crippen molar-refractivity contribution in [3.63, 3.8) is 0 Å². The average molecular weight is 454 g/mol. The zero-order chi connectivity index (χ0) is 12.2. The van der Waals surface area contributed by atoms with E-state index in [1.165, 1.54) is 4.90 Å². The van der Waals surface area contributed by atoms with Crippen molar-refractivity contribution in [1.29, 1.82) is 0 Å². The molecule has 0 bridgehead atoms. The Kier molecular flexibility index (Phi) is 4.34. The van der Waals surface area contributed by atoms with E-state index >= 15 is 0 Å². The van der Waals surface area contributed by atoms with Crippen molar-refractivity contribution in [3.8, 4) is 0 Å². The molecule has 0 aliphatic carbocycles. The maximum Gasteiger partial charge on any atom is 0.339 e. The number of carbonyl (C=O) groups excluding carboxylic acids is 2. The zero-order valence-electron chi connectivity index (χ0n) is 10.5. The maximum absolute atomic E-state index is 11.8. The van der Waals surface area contributed by atoms with E-state index in [2.05, 4.69) is 0 Å². The molecule has 2 aliphatic heterocycles. The summed E-state index contributed by atoms with van der Waals surface area (Å²) in [7, 11) is 1.56. The van der Waals surface area contributed by atoms with Gasteiger partial charge in [-0.2, -0.15) is 0 Å². The Morgan fingerprint density at radius 1 is 1.41 bits per heavy atom. The molecule has 1 radical (unpaired) electrons. The third-order valence-electron chi connectivity index (χ3n) is 3.81. The molecule has 0 spiro atoms. The molecule has 0 aromatic carbocycles. The normalized spacial score (nSPS) is 37.2. The summed E-state index contributed by atoms with van der Waals surface area (Å²) in [5, 5.41) is 10.2. The van der Waals surface area contributed by atoms with Gasteiger partial charge in [0.2, 0.25) is 11.4 Å². The van der Waals surface area contributed by atoms with Gasteiger partial charge in [0.1, 0.15) is 6.10 Å². The monoisotopic (exact) mass is 454 g/mol. The number of likely N-dealkylation sites (tertiary alicyclic amines) is 1. The summed E-state index contributed by atoms with van der Waals surface area (Å²) in [6.45, 7) is 5.37. The quantitative estimate of drug-likeness (QED) is 0.586. The Morgan fingerprint density at radius 2 is 1.94 bits per heavy atom. The minimum Gasteiger partial charge on any atom is -0.456 e. The van der Waals surface area contributed by atoms with Crippen LogP contribution in [-0.4, -0.2) is 46.7 Å². The van der Waals surface area contributed by atoms with E-state index in [1.807, 2.05) is 13.8 Å². The summed E-state index contributed by atoms with van der Waals surface area (Å²) in [4.78, 5) is 24.9. The van der Waals surface area contributed by atoms with E-state index in [9.17, 15) is 14.7 Å². The number of ether oxygens (including phenoxy) is 1. The van der Waals surface area contributed by atoms with Gasteiger partial charge in [-0.1, -0.05) is 13.8 Å². The molecule has 2 heterocycles. The number of fused-ring (bicyclic) bond motifs is 1. The third kappa shape index (κ3) is 1.71. The Balaban J connectivity index is 0.00000144. The van der Waals surface area contributed by atoms with E-state index in [1.54, 1.807) is 14.0 Å². The molecule has 17 heavy (non-hydrogen) atoms. The predicted octanol–water partition coefficient (Wildman–Crippen LogP) is -0.224. The molecule has 4 atom stereocenters. The van der Waals surface area contributed by atoms with Crippen LogP contribution in [0.4, 0.5) is 0 Å². The molecule has 0 aromatic rings. The average Bonchev–Trinajstić information content (AvgIpc) is 2.36. The second-order valence-electron chi connectivity index (χ2n) is 5.03. The standard InChI is InChI=1S/C11H17NO4.Ac/c1-5(2)7(13)11-8(16-10(11)15)6(3)9(14)12(11)4;/h5-8,13H,1-4H3;. The Hall–Kier alpha value is 0.342. The second kappa shape index (κ2) is 4.79. The number of nitrogens with zero attached hydrogens (tertiary/aromatic N) is 1. The number of rotatable bonds is 2. The molecule has 0 aromatic heterocycles. The molecule has 2 saturated heterocycles. The summed E-state index contributed by atoms with van der Waals surface area (Å²) >= 11 is 0. The molecular weight excluding hydrogens is 437 g/mol. The molecule has 2 aliphatic rings. The van der Waals surface area contributed by atoms with Gasteiger partial charge in [-0.3, -0.25) is 4.79 Å². The summed E-state index contributed by atoms with van der Waals surface area (Å²) in [5.74, 6) is -1.10. The maximum atomic E-state index is 11.8. The molecule has 93 valence electrons. The predicted molar refractivity (Wildman–Crippen MR) is 55.4 cm³/mol. The fourth-order valence-electron chi connectivity index (χ4n) is 2.78.